The van der Waals surface area contributed by atoms with Gasteiger partial charge in [0.05, 0.1) is 5.69 Å². The van der Waals surface area contributed by atoms with Crippen LogP contribution < -0.4 is 5.73 Å². The standard InChI is InChI=1S/C7H7ClN2O2/c8-4-1-2-10-5(3-4)6(9)7(11)12/h1-3,6H,9H2,(H,11,12). The molecule has 0 saturated heterocycles. The molecule has 0 bridgehead atoms. The maximum atomic E-state index is 10.4. The molecule has 1 atom stereocenters. The van der Waals surface area contributed by atoms with E-state index in [4.69, 9.17) is 22.4 Å². The van der Waals surface area contributed by atoms with Crippen LogP contribution in [0.15, 0.2) is 18.3 Å². The monoisotopic (exact) mass is 186 g/mol. The van der Waals surface area contributed by atoms with Gasteiger partial charge >= 0.3 is 5.97 Å². The molecular weight excluding hydrogens is 180 g/mol. The molecule has 0 saturated carbocycles. The number of hydrogen-bond acceptors (Lipinski definition) is 3. The molecule has 0 fully saturated rings. The van der Waals surface area contributed by atoms with Gasteiger partial charge in [0.15, 0.2) is 0 Å². The molecule has 0 aliphatic carbocycles. The van der Waals surface area contributed by atoms with Crippen molar-refractivity contribution in [2.24, 2.45) is 5.73 Å². The van der Waals surface area contributed by atoms with Crippen molar-refractivity contribution in [2.75, 3.05) is 0 Å². The van der Waals surface area contributed by atoms with E-state index in [2.05, 4.69) is 4.98 Å². The van der Waals surface area contributed by atoms with Gasteiger partial charge in [0.25, 0.3) is 0 Å². The molecule has 3 N–H and O–H groups in total. The highest BCUT2D eigenvalue weighted by Crippen LogP contribution is 2.12. The van der Waals surface area contributed by atoms with Crippen LogP contribution in [-0.4, -0.2) is 16.1 Å². The third kappa shape index (κ3) is 1.93. The number of hydrogen-bond donors (Lipinski definition) is 2. The largest absolute Gasteiger partial charge is 0.480 e. The Kier molecular flexibility index (Phi) is 2.62. The summed E-state index contributed by atoms with van der Waals surface area (Å²) < 4.78 is 0. The number of carboxylic acid groups (broad SMARTS) is 1. The zero-order valence-corrected chi connectivity index (χ0v) is 6.82. The summed E-state index contributed by atoms with van der Waals surface area (Å²) in [6.45, 7) is 0. The summed E-state index contributed by atoms with van der Waals surface area (Å²) in [5, 5.41) is 8.95. The van der Waals surface area contributed by atoms with Gasteiger partial charge in [-0.2, -0.15) is 0 Å². The van der Waals surface area contributed by atoms with Crippen LogP contribution in [0, 0.1) is 0 Å². The number of nitrogens with two attached hydrogens (primary N) is 1. The van der Waals surface area contributed by atoms with Crippen LogP contribution in [0.5, 0.6) is 0 Å². The van der Waals surface area contributed by atoms with Crippen LogP contribution >= 0.6 is 11.6 Å². The van der Waals surface area contributed by atoms with Crippen molar-refractivity contribution in [3.05, 3.63) is 29.0 Å². The fraction of sp³-hybridized carbons (Fsp3) is 0.143. The molecule has 5 heteroatoms. The van der Waals surface area contributed by atoms with E-state index >= 15 is 0 Å². The second kappa shape index (κ2) is 3.51. The van der Waals surface area contributed by atoms with Crippen molar-refractivity contribution in [1.82, 2.24) is 4.98 Å². The summed E-state index contributed by atoms with van der Waals surface area (Å²) in [5.41, 5.74) is 5.55. The first kappa shape index (κ1) is 8.96. The summed E-state index contributed by atoms with van der Waals surface area (Å²) in [5.74, 6) is -1.12. The average Bonchev–Trinajstić information content (AvgIpc) is 2.03. The van der Waals surface area contributed by atoms with E-state index in [0.717, 1.165) is 0 Å². The summed E-state index contributed by atoms with van der Waals surface area (Å²) in [4.78, 5) is 14.2. The molecule has 0 aliphatic heterocycles. The lowest BCUT2D eigenvalue weighted by molar-refractivity contribution is -0.138. The van der Waals surface area contributed by atoms with Gasteiger partial charge in [-0.05, 0) is 12.1 Å². The molecule has 0 aromatic carbocycles. The van der Waals surface area contributed by atoms with Crippen molar-refractivity contribution in [3.8, 4) is 0 Å². The number of rotatable bonds is 2. The van der Waals surface area contributed by atoms with Gasteiger partial charge in [-0.1, -0.05) is 11.6 Å². The topological polar surface area (TPSA) is 76.2 Å². The lowest BCUT2D eigenvalue weighted by atomic mass is 10.2. The fourth-order valence-electron chi connectivity index (χ4n) is 0.718. The van der Waals surface area contributed by atoms with Crippen molar-refractivity contribution >= 4 is 17.6 Å². The number of pyridine rings is 1. The Morgan fingerprint density at radius 1 is 1.75 bits per heavy atom. The van der Waals surface area contributed by atoms with Crippen molar-refractivity contribution < 1.29 is 9.90 Å². The smallest absolute Gasteiger partial charge is 0.326 e. The molecule has 0 radical (unpaired) electrons. The normalized spacial score (nSPS) is 12.5. The Balaban J connectivity index is 2.95. The Morgan fingerprint density at radius 3 is 2.92 bits per heavy atom. The molecular formula is C7H7ClN2O2. The van der Waals surface area contributed by atoms with Crippen LogP contribution in [0.2, 0.25) is 5.02 Å². The van der Waals surface area contributed by atoms with Gasteiger partial charge in [0.1, 0.15) is 6.04 Å². The summed E-state index contributed by atoms with van der Waals surface area (Å²) in [6.07, 6.45) is 1.42. The fourth-order valence-corrected chi connectivity index (χ4v) is 0.886. The number of carboxylic acids is 1. The molecule has 4 nitrogen and oxygen atoms in total. The third-order valence-electron chi connectivity index (χ3n) is 1.33. The van der Waals surface area contributed by atoms with Gasteiger partial charge in [-0.3, -0.25) is 9.78 Å². The predicted molar refractivity (Wildman–Crippen MR) is 43.8 cm³/mol. The summed E-state index contributed by atoms with van der Waals surface area (Å²) >= 11 is 5.61. The molecule has 0 spiro atoms. The Bertz CT molecular complexity index is 303. The lowest BCUT2D eigenvalue weighted by Gasteiger charge is -2.04. The predicted octanol–water partition coefficient (Wildman–Crippen LogP) is 0.819. The molecule has 1 heterocycles. The number of carbonyl (C=O) groups is 1. The molecule has 64 valence electrons. The van der Waals surface area contributed by atoms with Crippen LogP contribution in [0.4, 0.5) is 0 Å². The number of nitrogens with zero attached hydrogens (tertiary/aromatic N) is 1. The Morgan fingerprint density at radius 2 is 2.42 bits per heavy atom. The third-order valence-corrected chi connectivity index (χ3v) is 1.56. The minimum atomic E-state index is -1.12. The van der Waals surface area contributed by atoms with Gasteiger partial charge in [0.2, 0.25) is 0 Å². The highest BCUT2D eigenvalue weighted by Gasteiger charge is 2.15. The average molecular weight is 187 g/mol. The molecule has 1 aromatic heterocycles. The highest BCUT2D eigenvalue weighted by atomic mass is 35.5. The van der Waals surface area contributed by atoms with Crippen molar-refractivity contribution in [1.29, 1.82) is 0 Å². The first-order valence-corrected chi connectivity index (χ1v) is 3.59. The van der Waals surface area contributed by atoms with Crippen LogP contribution in [0.1, 0.15) is 11.7 Å². The van der Waals surface area contributed by atoms with E-state index in [1.54, 1.807) is 6.07 Å². The van der Waals surface area contributed by atoms with Crippen molar-refractivity contribution in [2.45, 2.75) is 6.04 Å². The second-order valence-electron chi connectivity index (χ2n) is 2.21. The van der Waals surface area contributed by atoms with E-state index in [9.17, 15) is 4.79 Å². The minimum absolute atomic E-state index is 0.259. The lowest BCUT2D eigenvalue weighted by Crippen LogP contribution is -2.21. The van der Waals surface area contributed by atoms with Crippen molar-refractivity contribution in [3.63, 3.8) is 0 Å². The Hall–Kier alpha value is -1.13. The van der Waals surface area contributed by atoms with Gasteiger partial charge in [-0.25, -0.2) is 0 Å². The van der Waals surface area contributed by atoms with Crippen LogP contribution in [0.3, 0.4) is 0 Å². The van der Waals surface area contributed by atoms with E-state index in [0.29, 0.717) is 5.02 Å². The SMILES string of the molecule is NC(C(=O)O)c1cc(Cl)ccn1. The maximum absolute atomic E-state index is 10.4. The first-order valence-electron chi connectivity index (χ1n) is 3.21. The molecule has 0 amide bonds. The first-order chi connectivity index (χ1) is 5.61. The summed E-state index contributed by atoms with van der Waals surface area (Å²) in [6, 6.07) is 1.88. The summed E-state index contributed by atoms with van der Waals surface area (Å²) in [7, 11) is 0. The molecule has 1 rings (SSSR count). The van der Waals surface area contributed by atoms with Gasteiger partial charge in [0, 0.05) is 11.2 Å². The number of aliphatic carboxylic acids is 1. The molecule has 0 aliphatic rings. The minimum Gasteiger partial charge on any atom is -0.480 e. The van der Waals surface area contributed by atoms with E-state index in [1.807, 2.05) is 0 Å². The van der Waals surface area contributed by atoms with Crippen LogP contribution in [-0.2, 0) is 4.79 Å². The zero-order valence-electron chi connectivity index (χ0n) is 6.07. The molecule has 12 heavy (non-hydrogen) atoms. The van der Waals surface area contributed by atoms with E-state index in [-0.39, 0.29) is 5.69 Å². The van der Waals surface area contributed by atoms with Gasteiger partial charge in [-0.15, -0.1) is 0 Å². The highest BCUT2D eigenvalue weighted by molar-refractivity contribution is 6.30. The quantitative estimate of drug-likeness (QED) is 0.717. The Labute approximate surface area is 74.0 Å². The maximum Gasteiger partial charge on any atom is 0.326 e. The molecule has 1 aromatic rings. The molecule has 1 unspecified atom stereocenters. The van der Waals surface area contributed by atoms with E-state index < -0.39 is 12.0 Å². The van der Waals surface area contributed by atoms with Crippen LogP contribution in [0.25, 0.3) is 0 Å². The van der Waals surface area contributed by atoms with E-state index in [1.165, 1.54) is 12.3 Å². The second-order valence-corrected chi connectivity index (χ2v) is 2.65. The van der Waals surface area contributed by atoms with Gasteiger partial charge < -0.3 is 10.8 Å². The number of halogens is 1. The zero-order chi connectivity index (χ0) is 9.14. The number of aromatic nitrogens is 1.